The first-order valence-corrected chi connectivity index (χ1v) is 11.8. The lowest BCUT2D eigenvalue weighted by Gasteiger charge is -2.11. The van der Waals surface area contributed by atoms with Crippen LogP contribution in [-0.2, 0) is 6.54 Å². The van der Waals surface area contributed by atoms with Crippen LogP contribution in [-0.4, -0.2) is 51.3 Å². The molecule has 0 unspecified atom stereocenters. The number of nitrogens with one attached hydrogen (secondary N) is 2. The largest absolute Gasteiger partial charge is 0.454 e. The zero-order valence-electron chi connectivity index (χ0n) is 18.6. The number of benzene rings is 1. The molecular weight excluding hydrogens is 428 g/mol. The third-order valence-electron chi connectivity index (χ3n) is 4.83. The fourth-order valence-electron chi connectivity index (χ4n) is 3.21. The molecule has 1 aliphatic heterocycles. The summed E-state index contributed by atoms with van der Waals surface area (Å²) in [6, 6.07) is 5.16. The molecule has 0 saturated carbocycles. The third-order valence-corrected chi connectivity index (χ3v) is 5.89. The van der Waals surface area contributed by atoms with Crippen LogP contribution in [0.3, 0.4) is 0 Å². The van der Waals surface area contributed by atoms with Crippen molar-refractivity contribution < 1.29 is 14.3 Å². The zero-order chi connectivity index (χ0) is 22.5. The Morgan fingerprint density at radius 1 is 1.25 bits per heavy atom. The van der Waals surface area contributed by atoms with Gasteiger partial charge in [-0.1, -0.05) is 32.5 Å². The molecule has 10 heteroatoms. The van der Waals surface area contributed by atoms with E-state index in [1.807, 2.05) is 4.68 Å². The summed E-state index contributed by atoms with van der Waals surface area (Å²) in [5, 5.41) is 12.5. The molecule has 2 aromatic heterocycles. The maximum atomic E-state index is 12.5. The Hall–Kier alpha value is -3.01. The van der Waals surface area contributed by atoms with E-state index in [0.29, 0.717) is 36.1 Å². The zero-order valence-corrected chi connectivity index (χ0v) is 19.4. The van der Waals surface area contributed by atoms with Gasteiger partial charge < -0.3 is 20.1 Å². The molecule has 170 valence electrons. The van der Waals surface area contributed by atoms with Crippen LogP contribution in [0.4, 0.5) is 5.82 Å². The van der Waals surface area contributed by atoms with Crippen LogP contribution < -0.4 is 20.1 Å². The van der Waals surface area contributed by atoms with Crippen LogP contribution in [0, 0.1) is 5.92 Å². The minimum Gasteiger partial charge on any atom is -0.454 e. The van der Waals surface area contributed by atoms with Crippen LogP contribution in [0.1, 0.15) is 37.6 Å². The maximum absolute atomic E-state index is 12.5. The van der Waals surface area contributed by atoms with Gasteiger partial charge in [-0.15, -0.1) is 0 Å². The monoisotopic (exact) mass is 456 g/mol. The van der Waals surface area contributed by atoms with E-state index in [4.69, 9.17) is 19.4 Å². The van der Waals surface area contributed by atoms with Crippen LogP contribution in [0.5, 0.6) is 11.5 Å². The molecule has 4 rings (SSSR count). The SMILES string of the molecule is CCCSc1nc(NCC(C)C)c2cnn(CCNC(=O)c3ccc4c(c3)OCO4)c2n1. The van der Waals surface area contributed by atoms with Crippen molar-refractivity contribution in [3.63, 3.8) is 0 Å². The van der Waals surface area contributed by atoms with Crippen LogP contribution in [0.15, 0.2) is 29.6 Å². The molecular formula is C22H28N6O3S. The normalized spacial score (nSPS) is 12.5. The molecule has 0 saturated heterocycles. The van der Waals surface area contributed by atoms with Gasteiger partial charge in [-0.3, -0.25) is 4.79 Å². The quantitative estimate of drug-likeness (QED) is 0.353. The Labute approximate surface area is 191 Å². The molecule has 3 aromatic rings. The summed E-state index contributed by atoms with van der Waals surface area (Å²) in [6.07, 6.45) is 2.83. The van der Waals surface area contributed by atoms with E-state index in [2.05, 4.69) is 36.5 Å². The first-order chi connectivity index (χ1) is 15.5. The number of anilines is 1. The predicted molar refractivity (Wildman–Crippen MR) is 125 cm³/mol. The first kappa shape index (κ1) is 22.2. The van der Waals surface area contributed by atoms with Crippen LogP contribution in [0.2, 0.25) is 0 Å². The van der Waals surface area contributed by atoms with Crippen molar-refractivity contribution in [3.05, 3.63) is 30.0 Å². The van der Waals surface area contributed by atoms with E-state index < -0.39 is 0 Å². The number of hydrogen-bond acceptors (Lipinski definition) is 8. The minimum absolute atomic E-state index is 0.173. The summed E-state index contributed by atoms with van der Waals surface area (Å²) in [6.45, 7) is 8.37. The maximum Gasteiger partial charge on any atom is 0.251 e. The van der Waals surface area contributed by atoms with Crippen molar-refractivity contribution in [1.29, 1.82) is 0 Å². The lowest BCUT2D eigenvalue weighted by atomic mass is 10.2. The van der Waals surface area contributed by atoms with Gasteiger partial charge in [-0.2, -0.15) is 5.10 Å². The minimum atomic E-state index is -0.173. The number of rotatable bonds is 10. The van der Waals surface area contributed by atoms with Gasteiger partial charge in [-0.05, 0) is 30.5 Å². The lowest BCUT2D eigenvalue weighted by Crippen LogP contribution is -2.27. The van der Waals surface area contributed by atoms with Crippen molar-refractivity contribution in [2.45, 2.75) is 38.9 Å². The topological polar surface area (TPSA) is 103 Å². The summed E-state index contributed by atoms with van der Waals surface area (Å²) in [7, 11) is 0. The number of ether oxygens (including phenoxy) is 2. The number of fused-ring (bicyclic) bond motifs is 2. The molecule has 1 aromatic carbocycles. The Morgan fingerprint density at radius 3 is 2.91 bits per heavy atom. The Balaban J connectivity index is 1.46. The fourth-order valence-corrected chi connectivity index (χ4v) is 3.90. The highest BCUT2D eigenvalue weighted by Crippen LogP contribution is 2.32. The van der Waals surface area contributed by atoms with E-state index in [1.165, 1.54) is 0 Å². The van der Waals surface area contributed by atoms with E-state index in [9.17, 15) is 4.79 Å². The number of amides is 1. The highest BCUT2D eigenvalue weighted by Gasteiger charge is 2.17. The van der Waals surface area contributed by atoms with E-state index in [-0.39, 0.29) is 12.7 Å². The number of hydrogen-bond donors (Lipinski definition) is 2. The summed E-state index contributed by atoms with van der Waals surface area (Å²) in [5.74, 6) is 3.32. The van der Waals surface area contributed by atoms with Gasteiger partial charge in [0.25, 0.3) is 5.91 Å². The van der Waals surface area contributed by atoms with Crippen molar-refractivity contribution in [2.75, 3.05) is 31.0 Å². The van der Waals surface area contributed by atoms with Crippen LogP contribution >= 0.6 is 11.8 Å². The molecule has 2 N–H and O–H groups in total. The average molecular weight is 457 g/mol. The molecule has 0 aliphatic carbocycles. The van der Waals surface area contributed by atoms with E-state index in [1.54, 1.807) is 36.2 Å². The number of aromatic nitrogens is 4. The Kier molecular flexibility index (Phi) is 6.99. The second kappa shape index (κ2) is 10.1. The molecule has 1 aliphatic rings. The Morgan fingerprint density at radius 2 is 2.09 bits per heavy atom. The lowest BCUT2D eigenvalue weighted by molar-refractivity contribution is 0.0951. The van der Waals surface area contributed by atoms with Gasteiger partial charge >= 0.3 is 0 Å². The highest BCUT2D eigenvalue weighted by atomic mass is 32.2. The molecule has 0 radical (unpaired) electrons. The van der Waals surface area contributed by atoms with Crippen molar-refractivity contribution in [1.82, 2.24) is 25.1 Å². The predicted octanol–water partition coefficient (Wildman–Crippen LogP) is 3.56. The molecule has 32 heavy (non-hydrogen) atoms. The van der Waals surface area contributed by atoms with Crippen LogP contribution in [0.25, 0.3) is 11.0 Å². The number of carbonyl (C=O) groups excluding carboxylic acids is 1. The molecule has 9 nitrogen and oxygen atoms in total. The van der Waals surface area contributed by atoms with Gasteiger partial charge in [-0.25, -0.2) is 14.6 Å². The second-order valence-electron chi connectivity index (χ2n) is 7.91. The second-order valence-corrected chi connectivity index (χ2v) is 8.97. The summed E-state index contributed by atoms with van der Waals surface area (Å²) >= 11 is 1.64. The van der Waals surface area contributed by atoms with Gasteiger partial charge in [0.05, 0.1) is 18.1 Å². The number of thioether (sulfide) groups is 1. The molecule has 0 bridgehead atoms. The Bertz CT molecular complexity index is 1100. The fraction of sp³-hybridized carbons (Fsp3) is 0.455. The number of carbonyl (C=O) groups is 1. The van der Waals surface area contributed by atoms with Gasteiger partial charge in [0, 0.05) is 24.4 Å². The van der Waals surface area contributed by atoms with E-state index in [0.717, 1.165) is 40.7 Å². The van der Waals surface area contributed by atoms with Gasteiger partial charge in [0.1, 0.15) is 5.82 Å². The summed E-state index contributed by atoms with van der Waals surface area (Å²) in [4.78, 5) is 22.0. The summed E-state index contributed by atoms with van der Waals surface area (Å²) < 4.78 is 12.5. The van der Waals surface area contributed by atoms with Gasteiger partial charge in [0.15, 0.2) is 22.3 Å². The summed E-state index contributed by atoms with van der Waals surface area (Å²) in [5.41, 5.74) is 1.29. The average Bonchev–Trinajstić information content (AvgIpc) is 3.42. The van der Waals surface area contributed by atoms with E-state index >= 15 is 0 Å². The smallest absolute Gasteiger partial charge is 0.251 e. The molecule has 0 fully saturated rings. The van der Waals surface area contributed by atoms with Crippen molar-refractivity contribution >= 4 is 34.5 Å². The highest BCUT2D eigenvalue weighted by molar-refractivity contribution is 7.99. The molecule has 0 spiro atoms. The first-order valence-electron chi connectivity index (χ1n) is 10.8. The standard InChI is InChI=1S/C22H28N6O3S/c1-4-9-32-22-26-19(24-11-14(2)3)16-12-25-28(20(16)27-22)8-7-23-21(29)15-5-6-17-18(10-15)31-13-30-17/h5-6,10,12,14H,4,7-9,11,13H2,1-3H3,(H,23,29)(H,24,26,27). The third kappa shape index (κ3) is 5.07. The molecule has 3 heterocycles. The van der Waals surface area contributed by atoms with Crippen molar-refractivity contribution in [2.24, 2.45) is 5.92 Å². The molecule has 1 amide bonds. The van der Waals surface area contributed by atoms with Gasteiger partial charge in [0.2, 0.25) is 6.79 Å². The molecule has 0 atom stereocenters. The van der Waals surface area contributed by atoms with Crippen molar-refractivity contribution in [3.8, 4) is 11.5 Å². The number of nitrogens with zero attached hydrogens (tertiary/aromatic N) is 4.